The minimum Gasteiger partial charge on any atom is -0.383 e. The molecule has 1 aromatic rings. The number of rotatable bonds is 5. The van der Waals surface area contributed by atoms with E-state index in [0.29, 0.717) is 17.6 Å². The first-order valence-electron chi connectivity index (χ1n) is 5.75. The predicted molar refractivity (Wildman–Crippen MR) is 76.3 cm³/mol. The van der Waals surface area contributed by atoms with Gasteiger partial charge in [-0.15, -0.1) is 0 Å². The van der Waals surface area contributed by atoms with E-state index in [2.05, 4.69) is 24.5 Å². The minimum atomic E-state index is 0.226. The van der Waals surface area contributed by atoms with Gasteiger partial charge in [0, 0.05) is 12.8 Å². The van der Waals surface area contributed by atoms with Gasteiger partial charge in [0.15, 0.2) is 5.11 Å². The summed E-state index contributed by atoms with van der Waals surface area (Å²) >= 11 is 5.27. The van der Waals surface area contributed by atoms with Gasteiger partial charge in [0.25, 0.3) is 0 Å². The number of thiocarbonyl (C=S) groups is 1. The summed E-state index contributed by atoms with van der Waals surface area (Å²) in [5, 5.41) is 7.04. The molecule has 0 radical (unpaired) electrons. The first-order valence-corrected chi connectivity index (χ1v) is 6.15. The average Bonchev–Trinajstić information content (AvgIpc) is 2.29. The monoisotopic (exact) mass is 252 g/mol. The average molecular weight is 252 g/mol. The fraction of sp³-hybridized carbons (Fsp3) is 0.462. The molecular weight excluding hydrogens is 232 g/mol. The Balaban J connectivity index is 2.48. The third kappa shape index (κ3) is 5.15. The Labute approximate surface area is 109 Å². The molecule has 0 aliphatic carbocycles. The summed E-state index contributed by atoms with van der Waals surface area (Å²) in [6.07, 6.45) is 0. The van der Waals surface area contributed by atoms with Gasteiger partial charge in [-0.05, 0) is 30.3 Å². The predicted octanol–water partition coefficient (Wildman–Crippen LogP) is 2.64. The number of ether oxygens (including phenoxy) is 1. The Hall–Kier alpha value is -1.13. The van der Waals surface area contributed by atoms with Gasteiger partial charge in [-0.25, -0.2) is 0 Å². The smallest absolute Gasteiger partial charge is 0.171 e. The van der Waals surface area contributed by atoms with Crippen molar-refractivity contribution in [2.75, 3.05) is 19.0 Å². The standard InChI is InChI=1S/C13H20N2OS/c1-10(2)12(9-16-3)15-13(17)14-11-7-5-4-6-8-11/h4-8,10,12H,9H2,1-3H3,(H2,14,15,17). The van der Waals surface area contributed by atoms with Crippen LogP contribution in [0.15, 0.2) is 30.3 Å². The molecule has 1 atom stereocenters. The second kappa shape index (κ2) is 7.25. The summed E-state index contributed by atoms with van der Waals surface area (Å²) in [7, 11) is 1.70. The van der Waals surface area contributed by atoms with Crippen LogP contribution in [0, 0.1) is 5.92 Å². The van der Waals surface area contributed by atoms with Gasteiger partial charge < -0.3 is 15.4 Å². The highest BCUT2D eigenvalue weighted by molar-refractivity contribution is 7.80. The fourth-order valence-corrected chi connectivity index (χ4v) is 1.71. The SMILES string of the molecule is COCC(NC(=S)Nc1ccccc1)C(C)C. The first-order chi connectivity index (χ1) is 8.13. The van der Waals surface area contributed by atoms with E-state index in [9.17, 15) is 0 Å². The van der Waals surface area contributed by atoms with Gasteiger partial charge in [-0.2, -0.15) is 0 Å². The molecule has 0 spiro atoms. The van der Waals surface area contributed by atoms with Crippen LogP contribution in [0.5, 0.6) is 0 Å². The van der Waals surface area contributed by atoms with Crippen molar-refractivity contribution in [3.63, 3.8) is 0 Å². The van der Waals surface area contributed by atoms with Gasteiger partial charge in [0.05, 0.1) is 12.6 Å². The maximum absolute atomic E-state index is 5.27. The zero-order chi connectivity index (χ0) is 12.7. The Morgan fingerprint density at radius 2 is 1.94 bits per heavy atom. The maximum Gasteiger partial charge on any atom is 0.171 e. The van der Waals surface area contributed by atoms with Crippen molar-refractivity contribution in [3.05, 3.63) is 30.3 Å². The van der Waals surface area contributed by atoms with E-state index >= 15 is 0 Å². The van der Waals surface area contributed by atoms with Gasteiger partial charge >= 0.3 is 0 Å². The van der Waals surface area contributed by atoms with E-state index in [1.807, 2.05) is 30.3 Å². The van der Waals surface area contributed by atoms with E-state index in [1.165, 1.54) is 0 Å². The van der Waals surface area contributed by atoms with Crippen molar-refractivity contribution in [1.82, 2.24) is 5.32 Å². The van der Waals surface area contributed by atoms with E-state index in [4.69, 9.17) is 17.0 Å². The van der Waals surface area contributed by atoms with Crippen LogP contribution in [0.4, 0.5) is 5.69 Å². The molecule has 1 rings (SSSR count). The van der Waals surface area contributed by atoms with Crippen LogP contribution < -0.4 is 10.6 Å². The van der Waals surface area contributed by atoms with Crippen LogP contribution in [-0.4, -0.2) is 24.9 Å². The highest BCUT2D eigenvalue weighted by Crippen LogP contribution is 2.06. The molecule has 0 fully saturated rings. The molecule has 3 nitrogen and oxygen atoms in total. The van der Waals surface area contributed by atoms with Crippen LogP contribution >= 0.6 is 12.2 Å². The number of methoxy groups -OCH3 is 1. The number of benzene rings is 1. The summed E-state index contributed by atoms with van der Waals surface area (Å²) in [5.74, 6) is 0.463. The summed E-state index contributed by atoms with van der Waals surface area (Å²) in [5.41, 5.74) is 0.991. The lowest BCUT2D eigenvalue weighted by Crippen LogP contribution is -2.43. The van der Waals surface area contributed by atoms with E-state index in [0.717, 1.165) is 5.69 Å². The van der Waals surface area contributed by atoms with Crippen molar-refractivity contribution in [2.45, 2.75) is 19.9 Å². The zero-order valence-corrected chi connectivity index (χ0v) is 11.4. The molecule has 0 saturated heterocycles. The molecular formula is C13H20N2OS. The number of anilines is 1. The summed E-state index contributed by atoms with van der Waals surface area (Å²) < 4.78 is 5.17. The van der Waals surface area contributed by atoms with Crippen molar-refractivity contribution in [2.24, 2.45) is 5.92 Å². The third-order valence-corrected chi connectivity index (χ3v) is 2.72. The Morgan fingerprint density at radius 1 is 1.29 bits per heavy atom. The van der Waals surface area contributed by atoms with Crippen molar-refractivity contribution >= 4 is 23.0 Å². The molecule has 0 bridgehead atoms. The molecule has 0 heterocycles. The quantitative estimate of drug-likeness (QED) is 0.789. The van der Waals surface area contributed by atoms with Crippen LogP contribution in [0.2, 0.25) is 0 Å². The van der Waals surface area contributed by atoms with Gasteiger partial charge in [0.1, 0.15) is 0 Å². The zero-order valence-electron chi connectivity index (χ0n) is 10.6. The number of para-hydroxylation sites is 1. The summed E-state index contributed by atoms with van der Waals surface area (Å²) in [6, 6.07) is 10.1. The first kappa shape index (κ1) is 13.9. The lowest BCUT2D eigenvalue weighted by molar-refractivity contribution is 0.156. The highest BCUT2D eigenvalue weighted by Gasteiger charge is 2.13. The third-order valence-electron chi connectivity index (χ3n) is 2.50. The molecule has 4 heteroatoms. The highest BCUT2D eigenvalue weighted by atomic mass is 32.1. The molecule has 17 heavy (non-hydrogen) atoms. The normalized spacial score (nSPS) is 12.2. The molecule has 2 N–H and O–H groups in total. The second-order valence-corrected chi connectivity index (χ2v) is 4.68. The molecule has 94 valence electrons. The summed E-state index contributed by atoms with van der Waals surface area (Å²) in [4.78, 5) is 0. The van der Waals surface area contributed by atoms with Crippen LogP contribution in [-0.2, 0) is 4.74 Å². The lowest BCUT2D eigenvalue weighted by Gasteiger charge is -2.23. The Bertz CT molecular complexity index is 341. The lowest BCUT2D eigenvalue weighted by atomic mass is 10.1. The fourth-order valence-electron chi connectivity index (χ4n) is 1.44. The van der Waals surface area contributed by atoms with Crippen LogP contribution in [0.25, 0.3) is 0 Å². The van der Waals surface area contributed by atoms with E-state index in [1.54, 1.807) is 7.11 Å². The molecule has 0 aliphatic rings. The van der Waals surface area contributed by atoms with Crippen LogP contribution in [0.3, 0.4) is 0 Å². The number of hydrogen-bond donors (Lipinski definition) is 2. The Morgan fingerprint density at radius 3 is 2.47 bits per heavy atom. The van der Waals surface area contributed by atoms with E-state index < -0.39 is 0 Å². The van der Waals surface area contributed by atoms with Gasteiger partial charge in [0.2, 0.25) is 0 Å². The van der Waals surface area contributed by atoms with Crippen molar-refractivity contribution in [1.29, 1.82) is 0 Å². The largest absolute Gasteiger partial charge is 0.383 e. The van der Waals surface area contributed by atoms with Crippen LogP contribution in [0.1, 0.15) is 13.8 Å². The molecule has 0 aliphatic heterocycles. The Kier molecular flexibility index (Phi) is 5.94. The maximum atomic E-state index is 5.27. The topological polar surface area (TPSA) is 33.3 Å². The van der Waals surface area contributed by atoms with Gasteiger partial charge in [-0.3, -0.25) is 0 Å². The molecule has 1 aromatic carbocycles. The van der Waals surface area contributed by atoms with Crippen molar-refractivity contribution in [3.8, 4) is 0 Å². The number of nitrogens with one attached hydrogen (secondary N) is 2. The van der Waals surface area contributed by atoms with Crippen molar-refractivity contribution < 1.29 is 4.74 Å². The second-order valence-electron chi connectivity index (χ2n) is 4.27. The minimum absolute atomic E-state index is 0.226. The van der Waals surface area contributed by atoms with Gasteiger partial charge in [-0.1, -0.05) is 32.0 Å². The van der Waals surface area contributed by atoms with E-state index in [-0.39, 0.29) is 6.04 Å². The molecule has 0 amide bonds. The molecule has 1 unspecified atom stereocenters. The molecule has 0 saturated carbocycles. The summed E-state index contributed by atoms with van der Waals surface area (Å²) in [6.45, 7) is 4.93. The number of hydrogen-bond acceptors (Lipinski definition) is 2. The molecule has 0 aromatic heterocycles.